The van der Waals surface area contributed by atoms with Crippen LogP contribution in [0.15, 0.2) is 67.3 Å². The fourth-order valence-electron chi connectivity index (χ4n) is 2.69. The number of hydrogen-bond donors (Lipinski definition) is 0. The second kappa shape index (κ2) is 8.26. The van der Waals surface area contributed by atoms with Crippen molar-refractivity contribution in [1.29, 1.82) is 0 Å². The number of non-ortho nitro benzene ring substituents is 1. The second-order valence-corrected chi connectivity index (χ2v) is 6.24. The van der Waals surface area contributed by atoms with Crippen molar-refractivity contribution in [3.8, 4) is 5.69 Å². The van der Waals surface area contributed by atoms with Crippen molar-refractivity contribution < 1.29 is 9.72 Å². The van der Waals surface area contributed by atoms with E-state index in [1.807, 2.05) is 31.2 Å². The Morgan fingerprint density at radius 3 is 2.64 bits per heavy atom. The van der Waals surface area contributed by atoms with E-state index in [1.54, 1.807) is 41.2 Å². The average molecular weight is 377 g/mol. The maximum atomic E-state index is 12.5. The van der Waals surface area contributed by atoms with E-state index in [9.17, 15) is 14.9 Å². The van der Waals surface area contributed by atoms with Gasteiger partial charge in [-0.15, -0.1) is 0 Å². The quantitative estimate of drug-likeness (QED) is 0.373. The molecule has 1 heterocycles. The van der Waals surface area contributed by atoms with E-state index in [0.29, 0.717) is 5.56 Å². The molecular weight excluding hydrogens is 358 g/mol. The highest BCUT2D eigenvalue weighted by Crippen LogP contribution is 2.21. The Kier molecular flexibility index (Phi) is 5.59. The summed E-state index contributed by atoms with van der Waals surface area (Å²) < 4.78 is 1.66. The number of carbonyl (C=O) groups is 1. The fourth-order valence-corrected chi connectivity index (χ4v) is 2.69. The number of nitro benzene ring substituents is 1. The first-order chi connectivity index (χ1) is 13.5. The molecule has 0 aliphatic rings. The van der Waals surface area contributed by atoms with Gasteiger partial charge in [0.25, 0.3) is 5.69 Å². The molecule has 3 aromatic rings. The van der Waals surface area contributed by atoms with Crippen LogP contribution < -0.4 is 0 Å². The van der Waals surface area contributed by atoms with Crippen LogP contribution in [-0.4, -0.2) is 37.5 Å². The number of carbonyl (C=O) groups excluding carboxylic acids is 1. The molecule has 0 aliphatic heterocycles. The van der Waals surface area contributed by atoms with Crippen molar-refractivity contribution in [2.45, 2.75) is 13.0 Å². The zero-order chi connectivity index (χ0) is 20.1. The van der Waals surface area contributed by atoms with Crippen molar-refractivity contribution in [2.24, 2.45) is 0 Å². The van der Waals surface area contributed by atoms with Crippen LogP contribution in [0.25, 0.3) is 11.8 Å². The largest absolute Gasteiger partial charge is 0.335 e. The molecule has 0 N–H and O–H groups in total. The van der Waals surface area contributed by atoms with E-state index in [1.165, 1.54) is 24.5 Å². The Balaban J connectivity index is 1.68. The van der Waals surface area contributed by atoms with Gasteiger partial charge in [-0.1, -0.05) is 24.3 Å². The van der Waals surface area contributed by atoms with Gasteiger partial charge in [-0.2, -0.15) is 5.10 Å². The molecule has 2 aromatic carbocycles. The molecule has 0 aliphatic carbocycles. The van der Waals surface area contributed by atoms with Gasteiger partial charge < -0.3 is 4.90 Å². The molecule has 0 spiro atoms. The summed E-state index contributed by atoms with van der Waals surface area (Å²) in [6, 6.07) is 13.7. The van der Waals surface area contributed by atoms with E-state index >= 15 is 0 Å². The zero-order valence-corrected chi connectivity index (χ0v) is 15.5. The van der Waals surface area contributed by atoms with Gasteiger partial charge in [-0.25, -0.2) is 9.67 Å². The summed E-state index contributed by atoms with van der Waals surface area (Å²) in [5.41, 5.74) is 2.45. The molecule has 1 aromatic heterocycles. The molecule has 0 saturated heterocycles. The molecule has 0 bridgehead atoms. The number of nitro groups is 1. The number of aromatic nitrogens is 3. The summed E-state index contributed by atoms with van der Waals surface area (Å²) >= 11 is 0. The van der Waals surface area contributed by atoms with Crippen LogP contribution in [0.5, 0.6) is 0 Å². The summed E-state index contributed by atoms with van der Waals surface area (Å²) in [6.45, 7) is 1.93. The van der Waals surface area contributed by atoms with E-state index in [0.717, 1.165) is 11.3 Å². The number of hydrogen-bond acceptors (Lipinski definition) is 5. The van der Waals surface area contributed by atoms with Gasteiger partial charge in [0.05, 0.1) is 16.7 Å². The highest BCUT2D eigenvalue weighted by Gasteiger charge is 2.15. The molecule has 0 radical (unpaired) electrons. The van der Waals surface area contributed by atoms with Crippen molar-refractivity contribution in [3.05, 3.63) is 88.5 Å². The van der Waals surface area contributed by atoms with Gasteiger partial charge in [-0.3, -0.25) is 14.9 Å². The van der Waals surface area contributed by atoms with Crippen molar-refractivity contribution >= 4 is 17.7 Å². The Bertz CT molecular complexity index is 997. The van der Waals surface area contributed by atoms with Crippen molar-refractivity contribution in [3.63, 3.8) is 0 Å². The summed E-state index contributed by atoms with van der Waals surface area (Å²) in [5.74, 6) is -0.195. The number of amides is 1. The number of rotatable bonds is 6. The van der Waals surface area contributed by atoms with Crippen LogP contribution in [0.1, 0.15) is 24.1 Å². The summed E-state index contributed by atoms with van der Waals surface area (Å²) in [6.07, 6.45) is 6.08. The highest BCUT2D eigenvalue weighted by molar-refractivity contribution is 5.92. The summed E-state index contributed by atoms with van der Waals surface area (Å²) in [5, 5.41) is 14.9. The highest BCUT2D eigenvalue weighted by atomic mass is 16.6. The van der Waals surface area contributed by atoms with Gasteiger partial charge in [0, 0.05) is 25.3 Å². The van der Waals surface area contributed by atoms with E-state index in [4.69, 9.17) is 0 Å². The lowest BCUT2D eigenvalue weighted by atomic mass is 10.1. The van der Waals surface area contributed by atoms with Gasteiger partial charge in [0.2, 0.25) is 5.91 Å². The molecular formula is C20H19N5O3. The Hall–Kier alpha value is -3.81. The van der Waals surface area contributed by atoms with Crippen molar-refractivity contribution in [1.82, 2.24) is 19.7 Å². The first kappa shape index (κ1) is 19.0. The van der Waals surface area contributed by atoms with E-state index < -0.39 is 4.92 Å². The fraction of sp³-hybridized carbons (Fsp3) is 0.150. The lowest BCUT2D eigenvalue weighted by Gasteiger charge is -2.24. The van der Waals surface area contributed by atoms with Crippen LogP contribution in [0, 0.1) is 10.1 Å². The third-order valence-corrected chi connectivity index (χ3v) is 4.49. The van der Waals surface area contributed by atoms with Gasteiger partial charge in [-0.05, 0) is 36.3 Å². The molecule has 142 valence electrons. The lowest BCUT2D eigenvalue weighted by molar-refractivity contribution is -0.384. The smallest absolute Gasteiger partial charge is 0.270 e. The first-order valence-corrected chi connectivity index (χ1v) is 8.60. The molecule has 28 heavy (non-hydrogen) atoms. The third-order valence-electron chi connectivity index (χ3n) is 4.49. The second-order valence-electron chi connectivity index (χ2n) is 6.24. The van der Waals surface area contributed by atoms with E-state index in [2.05, 4.69) is 10.1 Å². The molecule has 3 rings (SSSR count). The number of likely N-dealkylation sites (N-methyl/N-ethyl adjacent to an activating group) is 1. The van der Waals surface area contributed by atoms with Gasteiger partial charge in [0.1, 0.15) is 12.7 Å². The minimum absolute atomic E-state index is 0.0104. The topological polar surface area (TPSA) is 94.2 Å². The van der Waals surface area contributed by atoms with Crippen LogP contribution in [0.3, 0.4) is 0 Å². The number of nitrogens with zero attached hydrogens (tertiary/aromatic N) is 5. The molecule has 1 amide bonds. The molecule has 0 unspecified atom stereocenters. The standard InChI is InChI=1S/C20H19N5O3/c1-15(17-7-9-18(10-8-17)24-14-21-13-22-24)23(2)20(26)11-6-16-4-3-5-19(12-16)25(27)28/h3-15H,1-2H3/b11-6+/t15-/m1/s1. The minimum atomic E-state index is -0.462. The predicted molar refractivity (Wildman–Crippen MR) is 105 cm³/mol. The average Bonchev–Trinajstić information content (AvgIpc) is 3.26. The van der Waals surface area contributed by atoms with Crippen LogP contribution in [0.2, 0.25) is 0 Å². The molecule has 0 saturated carbocycles. The molecule has 8 heteroatoms. The van der Waals surface area contributed by atoms with Crippen LogP contribution in [-0.2, 0) is 4.79 Å². The third kappa shape index (κ3) is 4.29. The summed E-state index contributed by atoms with van der Waals surface area (Å²) in [4.78, 5) is 28.4. The monoisotopic (exact) mass is 377 g/mol. The molecule has 0 fully saturated rings. The minimum Gasteiger partial charge on any atom is -0.335 e. The van der Waals surface area contributed by atoms with Gasteiger partial charge >= 0.3 is 0 Å². The Morgan fingerprint density at radius 2 is 2.00 bits per heavy atom. The summed E-state index contributed by atoms with van der Waals surface area (Å²) in [7, 11) is 1.72. The predicted octanol–water partition coefficient (Wildman–Crippen LogP) is 3.41. The van der Waals surface area contributed by atoms with Crippen LogP contribution >= 0.6 is 0 Å². The maximum Gasteiger partial charge on any atom is 0.270 e. The Morgan fingerprint density at radius 1 is 1.25 bits per heavy atom. The number of benzene rings is 2. The molecule has 8 nitrogen and oxygen atoms in total. The van der Waals surface area contributed by atoms with E-state index in [-0.39, 0.29) is 17.6 Å². The van der Waals surface area contributed by atoms with Gasteiger partial charge in [0.15, 0.2) is 0 Å². The van der Waals surface area contributed by atoms with Crippen LogP contribution in [0.4, 0.5) is 5.69 Å². The zero-order valence-electron chi connectivity index (χ0n) is 15.5. The first-order valence-electron chi connectivity index (χ1n) is 8.60. The normalized spacial score (nSPS) is 12.1. The maximum absolute atomic E-state index is 12.5. The Labute approximate surface area is 161 Å². The SMILES string of the molecule is C[C@H](c1ccc(-n2cncn2)cc1)N(C)C(=O)/C=C/c1cccc([N+](=O)[O-])c1. The lowest BCUT2D eigenvalue weighted by Crippen LogP contribution is -2.27. The molecule has 1 atom stereocenters. The van der Waals surface area contributed by atoms with Crippen molar-refractivity contribution in [2.75, 3.05) is 7.05 Å².